The molecule has 3 aromatic rings. The van der Waals surface area contributed by atoms with Crippen molar-refractivity contribution in [2.45, 2.75) is 31.9 Å². The number of carbonyl (C=O) groups is 1. The maximum Gasteiger partial charge on any atom is 0.435 e. The fourth-order valence-electron chi connectivity index (χ4n) is 2.79. The average molecular weight is 491 g/mol. The van der Waals surface area contributed by atoms with Crippen molar-refractivity contribution in [2.24, 2.45) is 0 Å². The van der Waals surface area contributed by atoms with Gasteiger partial charge in [0, 0.05) is 24.4 Å². The van der Waals surface area contributed by atoms with Gasteiger partial charge >= 0.3 is 12.4 Å². The van der Waals surface area contributed by atoms with E-state index in [9.17, 15) is 31.1 Å². The summed E-state index contributed by atoms with van der Waals surface area (Å²) in [7, 11) is 3.42. The van der Waals surface area contributed by atoms with E-state index in [0.717, 1.165) is 16.9 Å². The van der Waals surface area contributed by atoms with Crippen molar-refractivity contribution in [2.75, 3.05) is 20.6 Å². The van der Waals surface area contributed by atoms with E-state index >= 15 is 0 Å². The Morgan fingerprint density at radius 3 is 2.44 bits per heavy atom. The Labute approximate surface area is 188 Å². The van der Waals surface area contributed by atoms with Crippen LogP contribution in [-0.4, -0.2) is 56.4 Å². The Kier molecular flexibility index (Phi) is 6.95. The summed E-state index contributed by atoms with van der Waals surface area (Å²) in [6.07, 6.45) is -8.48. The molecule has 1 atom stereocenters. The second-order valence-electron chi connectivity index (χ2n) is 7.52. The smallest absolute Gasteiger partial charge is 0.339 e. The largest absolute Gasteiger partial charge is 0.435 e. The average Bonchev–Trinajstić information content (AvgIpc) is 3.39. The molecule has 3 aromatic heterocycles. The minimum atomic E-state index is -4.74. The summed E-state index contributed by atoms with van der Waals surface area (Å²) >= 11 is 0. The predicted molar refractivity (Wildman–Crippen MR) is 104 cm³/mol. The number of halogens is 6. The molecule has 15 heteroatoms. The molecule has 184 valence electrons. The molecule has 0 saturated heterocycles. The molecule has 0 aliphatic rings. The summed E-state index contributed by atoms with van der Waals surface area (Å²) in [5.74, 6) is -1.22. The molecule has 1 unspecified atom stereocenters. The Morgan fingerprint density at radius 1 is 1.15 bits per heavy atom. The Balaban J connectivity index is 1.79. The number of nitrogens with zero attached hydrogens (tertiary/aromatic N) is 6. The lowest BCUT2D eigenvalue weighted by Crippen LogP contribution is -2.30. The lowest BCUT2D eigenvalue weighted by molar-refractivity contribution is -0.142. The number of hydrogen-bond donors (Lipinski definition) is 1. The standard InChI is InChI=1S/C19H19F6N7O2/c1-10(17-28-15(30-34-17)11-4-5-26-13(8-11)18(20,21)22)27-16(33)12-9-14(19(23,24)25)29-32(12)7-6-31(2)3/h4-5,8-10H,6-7H2,1-3H3,(H,27,33). The van der Waals surface area contributed by atoms with Crippen molar-refractivity contribution in [3.63, 3.8) is 0 Å². The van der Waals surface area contributed by atoms with Crippen LogP contribution in [0.15, 0.2) is 28.9 Å². The highest BCUT2D eigenvalue weighted by Crippen LogP contribution is 2.30. The number of nitrogens with one attached hydrogen (secondary N) is 1. The zero-order valence-corrected chi connectivity index (χ0v) is 18.1. The van der Waals surface area contributed by atoms with E-state index < -0.39 is 35.7 Å². The van der Waals surface area contributed by atoms with Gasteiger partial charge in [0.15, 0.2) is 5.69 Å². The topological polar surface area (TPSA) is 102 Å². The van der Waals surface area contributed by atoms with Gasteiger partial charge in [-0.1, -0.05) is 5.16 Å². The molecular weight excluding hydrogens is 472 g/mol. The van der Waals surface area contributed by atoms with Crippen LogP contribution in [0.2, 0.25) is 0 Å². The van der Waals surface area contributed by atoms with Gasteiger partial charge in [-0.15, -0.1) is 0 Å². The Bertz CT molecular complexity index is 1150. The fraction of sp³-hybridized carbons (Fsp3) is 0.421. The summed E-state index contributed by atoms with van der Waals surface area (Å²) in [5.41, 5.74) is -2.72. The van der Waals surface area contributed by atoms with Gasteiger partial charge < -0.3 is 14.7 Å². The van der Waals surface area contributed by atoms with Crippen molar-refractivity contribution < 1.29 is 35.7 Å². The summed E-state index contributed by atoms with van der Waals surface area (Å²) in [4.78, 5) is 21.6. The van der Waals surface area contributed by atoms with E-state index in [-0.39, 0.29) is 29.5 Å². The monoisotopic (exact) mass is 491 g/mol. The summed E-state index contributed by atoms with van der Waals surface area (Å²) in [6.45, 7) is 1.77. The molecule has 0 aliphatic carbocycles. The summed E-state index contributed by atoms with van der Waals surface area (Å²) in [6, 6.07) is 1.64. The fourth-order valence-corrected chi connectivity index (χ4v) is 2.79. The van der Waals surface area contributed by atoms with Gasteiger partial charge in [0.25, 0.3) is 5.91 Å². The minimum Gasteiger partial charge on any atom is -0.339 e. The number of hydrogen-bond acceptors (Lipinski definition) is 7. The molecule has 34 heavy (non-hydrogen) atoms. The maximum atomic E-state index is 13.1. The first kappa shape index (κ1) is 25.1. The molecule has 0 spiro atoms. The van der Waals surface area contributed by atoms with Gasteiger partial charge in [0.05, 0.1) is 6.54 Å². The van der Waals surface area contributed by atoms with Gasteiger partial charge in [-0.3, -0.25) is 14.5 Å². The second-order valence-corrected chi connectivity index (χ2v) is 7.52. The van der Waals surface area contributed by atoms with Crippen molar-refractivity contribution in [1.82, 2.24) is 35.1 Å². The van der Waals surface area contributed by atoms with Gasteiger partial charge in [0.1, 0.15) is 17.4 Å². The van der Waals surface area contributed by atoms with Crippen LogP contribution in [0.3, 0.4) is 0 Å². The number of amides is 1. The lowest BCUT2D eigenvalue weighted by Gasteiger charge is -2.13. The minimum absolute atomic E-state index is 0.0209. The molecule has 3 heterocycles. The van der Waals surface area contributed by atoms with Crippen LogP contribution in [0.1, 0.15) is 40.7 Å². The van der Waals surface area contributed by atoms with E-state index in [4.69, 9.17) is 4.52 Å². The highest BCUT2D eigenvalue weighted by atomic mass is 19.4. The van der Waals surface area contributed by atoms with E-state index in [2.05, 4.69) is 25.5 Å². The van der Waals surface area contributed by atoms with Crippen LogP contribution in [0, 0.1) is 0 Å². The zero-order chi connectivity index (χ0) is 25.3. The molecule has 9 nitrogen and oxygen atoms in total. The van der Waals surface area contributed by atoms with Crippen molar-refractivity contribution in [1.29, 1.82) is 0 Å². The number of likely N-dealkylation sites (N-methyl/N-ethyl adjacent to an activating group) is 1. The quantitative estimate of drug-likeness (QED) is 0.506. The highest BCUT2D eigenvalue weighted by Gasteiger charge is 2.36. The molecule has 1 amide bonds. The molecule has 0 radical (unpaired) electrons. The first-order valence-electron chi connectivity index (χ1n) is 9.73. The van der Waals surface area contributed by atoms with Gasteiger partial charge in [-0.2, -0.15) is 36.4 Å². The molecule has 0 aromatic carbocycles. The Morgan fingerprint density at radius 2 is 1.82 bits per heavy atom. The van der Waals surface area contributed by atoms with E-state index in [0.29, 0.717) is 12.6 Å². The first-order chi connectivity index (χ1) is 15.8. The second kappa shape index (κ2) is 9.40. The van der Waals surface area contributed by atoms with E-state index in [1.165, 1.54) is 13.0 Å². The number of aromatic nitrogens is 5. The molecule has 0 saturated carbocycles. The molecule has 0 fully saturated rings. The lowest BCUT2D eigenvalue weighted by atomic mass is 10.2. The number of pyridine rings is 1. The zero-order valence-electron chi connectivity index (χ0n) is 18.1. The molecule has 0 bridgehead atoms. The highest BCUT2D eigenvalue weighted by molar-refractivity contribution is 5.93. The van der Waals surface area contributed by atoms with Gasteiger partial charge in [-0.05, 0) is 33.2 Å². The van der Waals surface area contributed by atoms with Crippen molar-refractivity contribution >= 4 is 5.91 Å². The van der Waals surface area contributed by atoms with Gasteiger partial charge in [0.2, 0.25) is 11.7 Å². The van der Waals surface area contributed by atoms with Crippen LogP contribution < -0.4 is 5.32 Å². The van der Waals surface area contributed by atoms with Gasteiger partial charge in [-0.25, -0.2) is 0 Å². The number of carbonyl (C=O) groups excluding carboxylic acids is 1. The molecule has 1 N–H and O–H groups in total. The van der Waals surface area contributed by atoms with Crippen molar-refractivity contribution in [3.8, 4) is 11.4 Å². The van der Waals surface area contributed by atoms with Crippen LogP contribution in [0.25, 0.3) is 11.4 Å². The summed E-state index contributed by atoms with van der Waals surface area (Å²) < 4.78 is 83.9. The first-order valence-corrected chi connectivity index (χ1v) is 9.73. The summed E-state index contributed by atoms with van der Waals surface area (Å²) in [5, 5.41) is 9.53. The molecular formula is C19H19F6N7O2. The van der Waals surface area contributed by atoms with Crippen LogP contribution in [0.4, 0.5) is 26.3 Å². The third-order valence-electron chi connectivity index (χ3n) is 4.53. The van der Waals surface area contributed by atoms with E-state index in [1.807, 2.05) is 0 Å². The molecule has 3 rings (SSSR count). The molecule has 0 aliphatic heterocycles. The van der Waals surface area contributed by atoms with Crippen LogP contribution >= 0.6 is 0 Å². The van der Waals surface area contributed by atoms with Crippen LogP contribution in [0.5, 0.6) is 0 Å². The normalized spacial score (nSPS) is 13.4. The number of alkyl halides is 6. The van der Waals surface area contributed by atoms with Crippen molar-refractivity contribution in [3.05, 3.63) is 47.4 Å². The predicted octanol–water partition coefficient (Wildman–Crippen LogP) is 3.42. The Hall–Kier alpha value is -3.49. The van der Waals surface area contributed by atoms with E-state index in [1.54, 1.807) is 19.0 Å². The number of rotatable bonds is 7. The third kappa shape index (κ3) is 5.89. The third-order valence-corrected chi connectivity index (χ3v) is 4.53. The SMILES string of the molecule is CC(NC(=O)c1cc(C(F)(F)F)nn1CCN(C)C)c1nc(-c2ccnc(C(F)(F)F)c2)no1. The maximum absolute atomic E-state index is 13.1. The van der Waals surface area contributed by atoms with Crippen LogP contribution in [-0.2, 0) is 18.9 Å².